The molecule has 0 aromatic heterocycles. The summed E-state index contributed by atoms with van der Waals surface area (Å²) in [5.74, 6) is 1.56. The molecule has 2 aliphatic heterocycles. The van der Waals surface area contributed by atoms with Gasteiger partial charge in [-0.1, -0.05) is 34.6 Å². The Bertz CT molecular complexity index is 1110. The Morgan fingerprint density at radius 2 is 1.75 bits per heavy atom. The Morgan fingerprint density at radius 3 is 2.45 bits per heavy atom. The summed E-state index contributed by atoms with van der Waals surface area (Å²) < 4.78 is 32.5. The molecule has 7 nitrogen and oxygen atoms in total. The maximum Gasteiger partial charge on any atom is 0.170 e. The van der Waals surface area contributed by atoms with Gasteiger partial charge in [0.1, 0.15) is 12.8 Å². The van der Waals surface area contributed by atoms with Gasteiger partial charge in [-0.05, 0) is 111 Å². The molecule has 252 valence electrons. The van der Waals surface area contributed by atoms with Crippen molar-refractivity contribution in [1.82, 2.24) is 4.90 Å². The average molecular weight is 622 g/mol. The van der Waals surface area contributed by atoms with Crippen molar-refractivity contribution < 1.29 is 33.9 Å². The van der Waals surface area contributed by atoms with E-state index in [-0.39, 0.29) is 52.8 Å². The number of hydrogen-bond acceptors (Lipinski definition) is 7. The number of ether oxygens (including phenoxy) is 3. The highest BCUT2D eigenvalue weighted by Crippen LogP contribution is 2.89. The minimum Gasteiger partial charge on any atom is -0.390 e. The standard InChI is InChI=1S/C36H60FNO6/c1-21-18-22(29(39)32(4,5)41)43-28-27(21)33(6)12-13-36-20-35(36)11-10-25(44-26-19-38(15-14-37)16-17-42-26)31(2,3)23(35)8-9-24(36)34(33,7)30(28)40/h21-30,39-41H,8-20H2,1-7H3. The second kappa shape index (κ2) is 10.3. The maximum atomic E-state index is 13.0. The van der Waals surface area contributed by atoms with Crippen molar-refractivity contribution in [3.8, 4) is 0 Å². The molecule has 0 amide bonds. The molecule has 44 heavy (non-hydrogen) atoms. The summed E-state index contributed by atoms with van der Waals surface area (Å²) >= 11 is 0. The number of fused-ring (bicyclic) bond motifs is 4. The summed E-state index contributed by atoms with van der Waals surface area (Å²) in [5.41, 5.74) is -0.971. The highest BCUT2D eigenvalue weighted by molar-refractivity contribution is 5.33. The third-order valence-corrected chi connectivity index (χ3v) is 15.7. The summed E-state index contributed by atoms with van der Waals surface area (Å²) in [7, 11) is 0. The number of rotatable bonds is 6. The highest BCUT2D eigenvalue weighted by Gasteiger charge is 2.84. The van der Waals surface area contributed by atoms with Crippen molar-refractivity contribution in [2.75, 3.05) is 32.9 Å². The van der Waals surface area contributed by atoms with Crippen LogP contribution in [0.3, 0.4) is 0 Å². The van der Waals surface area contributed by atoms with Crippen LogP contribution in [0.15, 0.2) is 0 Å². The Morgan fingerprint density at radius 1 is 1.05 bits per heavy atom. The van der Waals surface area contributed by atoms with Crippen molar-refractivity contribution in [1.29, 1.82) is 0 Å². The van der Waals surface area contributed by atoms with E-state index in [0.29, 0.717) is 49.3 Å². The van der Waals surface area contributed by atoms with Gasteiger partial charge in [-0.15, -0.1) is 0 Å². The van der Waals surface area contributed by atoms with Crippen molar-refractivity contribution in [3.05, 3.63) is 0 Å². The molecule has 8 heteroatoms. The van der Waals surface area contributed by atoms with E-state index in [1.54, 1.807) is 13.8 Å². The van der Waals surface area contributed by atoms with Crippen LogP contribution in [0.25, 0.3) is 0 Å². The van der Waals surface area contributed by atoms with Gasteiger partial charge in [-0.25, -0.2) is 4.39 Å². The predicted octanol–water partition coefficient (Wildman–Crippen LogP) is 4.94. The Labute approximate surface area is 264 Å². The van der Waals surface area contributed by atoms with Gasteiger partial charge >= 0.3 is 0 Å². The molecule has 7 rings (SSSR count). The summed E-state index contributed by atoms with van der Waals surface area (Å²) in [6.07, 6.45) is 6.27. The zero-order valence-electron chi connectivity index (χ0n) is 28.4. The van der Waals surface area contributed by atoms with E-state index in [2.05, 4.69) is 39.5 Å². The van der Waals surface area contributed by atoms with Gasteiger partial charge in [-0.3, -0.25) is 4.90 Å². The van der Waals surface area contributed by atoms with Crippen LogP contribution in [0.1, 0.15) is 99.8 Å². The number of halogens is 1. The van der Waals surface area contributed by atoms with E-state index in [0.717, 1.165) is 32.2 Å². The van der Waals surface area contributed by atoms with Gasteiger partial charge < -0.3 is 29.5 Å². The lowest BCUT2D eigenvalue weighted by Crippen LogP contribution is -2.60. The lowest BCUT2D eigenvalue weighted by atomic mass is 9.41. The van der Waals surface area contributed by atoms with Crippen molar-refractivity contribution >= 4 is 0 Å². The third-order valence-electron chi connectivity index (χ3n) is 15.7. The summed E-state index contributed by atoms with van der Waals surface area (Å²) in [6, 6.07) is 0. The highest BCUT2D eigenvalue weighted by atomic mass is 19.1. The normalized spacial score (nSPS) is 53.9. The quantitative estimate of drug-likeness (QED) is 0.387. The smallest absolute Gasteiger partial charge is 0.170 e. The lowest BCUT2D eigenvalue weighted by Gasteiger charge is -2.64. The number of nitrogens with zero attached hydrogens (tertiary/aromatic N) is 1. The fourth-order valence-corrected chi connectivity index (χ4v) is 13.5. The van der Waals surface area contributed by atoms with E-state index < -0.39 is 23.9 Å². The molecule has 2 spiro atoms. The molecule has 0 aromatic carbocycles. The van der Waals surface area contributed by atoms with Gasteiger partial charge in [0, 0.05) is 25.0 Å². The van der Waals surface area contributed by atoms with Crippen LogP contribution in [0.5, 0.6) is 0 Å². The van der Waals surface area contributed by atoms with E-state index in [4.69, 9.17) is 14.2 Å². The molecule has 0 aromatic rings. The first-order valence-corrected chi connectivity index (χ1v) is 17.9. The van der Waals surface area contributed by atoms with Gasteiger partial charge in [0.2, 0.25) is 0 Å². The Balaban J connectivity index is 1.13. The van der Waals surface area contributed by atoms with Gasteiger partial charge in [0.15, 0.2) is 6.29 Å². The number of aliphatic hydroxyl groups is 3. The zero-order chi connectivity index (χ0) is 31.7. The minimum absolute atomic E-state index is 0.0143. The fourth-order valence-electron chi connectivity index (χ4n) is 13.5. The van der Waals surface area contributed by atoms with Gasteiger partial charge in [0.25, 0.3) is 0 Å². The average Bonchev–Trinajstić information content (AvgIpc) is 3.59. The molecule has 0 bridgehead atoms. The lowest BCUT2D eigenvalue weighted by molar-refractivity contribution is -0.249. The first-order valence-electron chi connectivity index (χ1n) is 17.9. The van der Waals surface area contributed by atoms with Crippen molar-refractivity contribution in [2.45, 2.75) is 142 Å². The molecule has 14 unspecified atom stereocenters. The Kier molecular flexibility index (Phi) is 7.56. The molecule has 0 radical (unpaired) electrons. The largest absolute Gasteiger partial charge is 0.390 e. The molecular weight excluding hydrogens is 561 g/mol. The van der Waals surface area contributed by atoms with E-state index in [1.165, 1.54) is 19.3 Å². The molecule has 5 aliphatic carbocycles. The van der Waals surface area contributed by atoms with Gasteiger partial charge in [0.05, 0.1) is 36.6 Å². The number of aliphatic hydroxyl groups excluding tert-OH is 2. The van der Waals surface area contributed by atoms with E-state index in [9.17, 15) is 19.7 Å². The molecule has 7 aliphatic rings. The van der Waals surface area contributed by atoms with Gasteiger partial charge in [-0.2, -0.15) is 0 Å². The molecule has 3 N–H and O–H groups in total. The Hall–Kier alpha value is -0.350. The summed E-state index contributed by atoms with van der Waals surface area (Å²) in [6.45, 7) is 17.4. The predicted molar refractivity (Wildman–Crippen MR) is 165 cm³/mol. The zero-order valence-corrected chi connectivity index (χ0v) is 28.4. The molecule has 14 atom stereocenters. The second-order valence-electron chi connectivity index (χ2n) is 18.1. The SMILES string of the molecule is CC1CC(C(O)C(C)(C)O)OC2C1C1(C)CCC34CC35CCC(OC3CN(CCF)CCO3)C(C)(C)C5CCC4C1(C)C2O. The van der Waals surface area contributed by atoms with Crippen LogP contribution < -0.4 is 0 Å². The molecule has 5 saturated carbocycles. The second-order valence-corrected chi connectivity index (χ2v) is 18.1. The topological polar surface area (TPSA) is 91.6 Å². The van der Waals surface area contributed by atoms with E-state index >= 15 is 0 Å². The van der Waals surface area contributed by atoms with Crippen molar-refractivity contribution in [2.24, 2.45) is 50.7 Å². The van der Waals surface area contributed by atoms with Crippen molar-refractivity contribution in [3.63, 3.8) is 0 Å². The third kappa shape index (κ3) is 4.16. The molecular formula is C36H60FNO6. The summed E-state index contributed by atoms with van der Waals surface area (Å²) in [5, 5.41) is 34.0. The van der Waals surface area contributed by atoms with E-state index in [1.807, 2.05) is 0 Å². The monoisotopic (exact) mass is 621 g/mol. The summed E-state index contributed by atoms with van der Waals surface area (Å²) in [4.78, 5) is 2.12. The van der Waals surface area contributed by atoms with Crippen LogP contribution >= 0.6 is 0 Å². The number of morpholine rings is 1. The first kappa shape index (κ1) is 32.2. The molecule has 2 heterocycles. The fraction of sp³-hybridized carbons (Fsp3) is 1.00. The minimum atomic E-state index is -1.25. The van der Waals surface area contributed by atoms with Crippen LogP contribution in [0, 0.1) is 50.7 Å². The first-order chi connectivity index (χ1) is 20.6. The van der Waals surface area contributed by atoms with Crippen LogP contribution in [0.2, 0.25) is 0 Å². The number of alkyl halides is 1. The molecule has 2 saturated heterocycles. The van der Waals surface area contributed by atoms with Crippen LogP contribution in [-0.4, -0.2) is 95.5 Å². The molecule has 7 fully saturated rings. The number of hydrogen-bond donors (Lipinski definition) is 3. The van der Waals surface area contributed by atoms with Crippen LogP contribution in [-0.2, 0) is 14.2 Å². The van der Waals surface area contributed by atoms with Crippen LogP contribution in [0.4, 0.5) is 4.39 Å². The maximum absolute atomic E-state index is 13.0.